The van der Waals surface area contributed by atoms with Crippen LogP contribution in [0, 0.1) is 0 Å². The summed E-state index contributed by atoms with van der Waals surface area (Å²) in [5, 5.41) is 18.5. The summed E-state index contributed by atoms with van der Waals surface area (Å²) in [6.45, 7) is 0. The van der Waals surface area contributed by atoms with Gasteiger partial charge in [0.2, 0.25) is 0 Å². The maximum absolute atomic E-state index is 12.8. The van der Waals surface area contributed by atoms with Gasteiger partial charge < -0.3 is 15.2 Å². The van der Waals surface area contributed by atoms with E-state index in [4.69, 9.17) is 4.74 Å². The molecule has 0 bridgehead atoms. The van der Waals surface area contributed by atoms with Crippen molar-refractivity contribution in [2.75, 3.05) is 7.11 Å². The monoisotopic (exact) mass is 577 g/mol. The molecule has 32 heavy (non-hydrogen) atoms. The average Bonchev–Trinajstić information content (AvgIpc) is 3.32. The van der Waals surface area contributed by atoms with Gasteiger partial charge in [0.05, 0.1) is 17.8 Å². The summed E-state index contributed by atoms with van der Waals surface area (Å²) in [6.07, 6.45) is 2.96. The van der Waals surface area contributed by atoms with Crippen molar-refractivity contribution in [3.05, 3.63) is 84.6 Å². The number of amides is 2. The zero-order valence-electron chi connectivity index (χ0n) is 16.6. The van der Waals surface area contributed by atoms with Crippen molar-refractivity contribution in [1.29, 1.82) is 0 Å². The lowest BCUT2D eigenvalue weighted by atomic mass is 10.2. The van der Waals surface area contributed by atoms with Gasteiger partial charge in [-0.1, -0.05) is 24.3 Å². The molecule has 2 amide bonds. The van der Waals surface area contributed by atoms with Crippen molar-refractivity contribution in [2.45, 2.75) is 0 Å². The number of thiophene rings is 1. The highest BCUT2D eigenvalue weighted by Crippen LogP contribution is 2.41. The van der Waals surface area contributed by atoms with Gasteiger partial charge in [-0.25, -0.2) is 5.43 Å². The number of hydrazone groups is 1. The Balaban J connectivity index is 1.80. The number of nitrogens with one attached hydrogen (secondary N) is 2. The van der Waals surface area contributed by atoms with Crippen LogP contribution in [-0.2, 0) is 4.79 Å². The van der Waals surface area contributed by atoms with E-state index < -0.39 is 11.8 Å². The Morgan fingerprint density at radius 1 is 1.12 bits per heavy atom. The van der Waals surface area contributed by atoms with E-state index in [9.17, 15) is 14.7 Å². The standard InChI is InChI=1S/C22H17Br2N3O4S/c1-31-17-10-14(18(23)19(24)20(17)28)12-25-27-22(30)16(11-15-8-5-9-32-15)26-21(29)13-6-3-2-4-7-13/h2-12,28H,1H3,(H,26,29)(H,27,30)/b16-11?,25-12+. The predicted octanol–water partition coefficient (Wildman–Crippen LogP) is 4.91. The Bertz CT molecular complexity index is 1180. The van der Waals surface area contributed by atoms with Crippen molar-refractivity contribution in [1.82, 2.24) is 10.7 Å². The molecule has 0 radical (unpaired) electrons. The summed E-state index contributed by atoms with van der Waals surface area (Å²) in [4.78, 5) is 26.1. The lowest BCUT2D eigenvalue weighted by molar-refractivity contribution is -0.117. The first-order chi connectivity index (χ1) is 15.4. The zero-order chi connectivity index (χ0) is 23.1. The van der Waals surface area contributed by atoms with Crippen LogP contribution < -0.4 is 15.5 Å². The Hall–Kier alpha value is -2.95. The minimum atomic E-state index is -0.597. The molecule has 2 aromatic carbocycles. The number of ether oxygens (including phenoxy) is 1. The summed E-state index contributed by atoms with van der Waals surface area (Å²) < 4.78 is 6.04. The summed E-state index contributed by atoms with van der Waals surface area (Å²) in [5.74, 6) is -0.839. The first-order valence-electron chi connectivity index (χ1n) is 9.10. The molecule has 1 heterocycles. The van der Waals surface area contributed by atoms with E-state index in [1.165, 1.54) is 24.7 Å². The van der Waals surface area contributed by atoms with Gasteiger partial charge in [0.1, 0.15) is 5.70 Å². The number of carbonyl (C=O) groups excluding carboxylic acids is 2. The number of phenols is 1. The molecule has 3 aromatic rings. The summed E-state index contributed by atoms with van der Waals surface area (Å²) in [6, 6.07) is 13.8. The molecular weight excluding hydrogens is 562 g/mol. The number of hydrogen-bond donors (Lipinski definition) is 3. The summed E-state index contributed by atoms with van der Waals surface area (Å²) >= 11 is 8.05. The van der Waals surface area contributed by atoms with Crippen LogP contribution in [0.3, 0.4) is 0 Å². The smallest absolute Gasteiger partial charge is 0.287 e. The number of phenolic OH excluding ortho intramolecular Hbond substituents is 1. The van der Waals surface area contributed by atoms with Gasteiger partial charge in [0.15, 0.2) is 11.5 Å². The fraction of sp³-hybridized carbons (Fsp3) is 0.0455. The molecule has 164 valence electrons. The van der Waals surface area contributed by atoms with Crippen LogP contribution in [0.4, 0.5) is 0 Å². The number of aromatic hydroxyl groups is 1. The van der Waals surface area contributed by atoms with E-state index >= 15 is 0 Å². The van der Waals surface area contributed by atoms with Crippen LogP contribution in [0.5, 0.6) is 11.5 Å². The molecule has 7 nitrogen and oxygen atoms in total. The lowest BCUT2D eigenvalue weighted by Gasteiger charge is -2.10. The van der Waals surface area contributed by atoms with Gasteiger partial charge >= 0.3 is 0 Å². The van der Waals surface area contributed by atoms with Crippen molar-refractivity contribution in [3.63, 3.8) is 0 Å². The highest BCUT2D eigenvalue weighted by Gasteiger charge is 2.16. The summed E-state index contributed by atoms with van der Waals surface area (Å²) in [5.41, 5.74) is 3.42. The molecule has 0 fully saturated rings. The third-order valence-corrected chi connectivity index (χ3v) is 7.10. The molecule has 0 aliphatic carbocycles. The first kappa shape index (κ1) is 23.7. The van der Waals surface area contributed by atoms with E-state index in [2.05, 4.69) is 47.7 Å². The van der Waals surface area contributed by atoms with Crippen molar-refractivity contribution >= 4 is 67.3 Å². The number of hydrogen-bond acceptors (Lipinski definition) is 6. The highest BCUT2D eigenvalue weighted by atomic mass is 79.9. The van der Waals surface area contributed by atoms with Gasteiger partial charge in [0, 0.05) is 20.5 Å². The zero-order valence-corrected chi connectivity index (χ0v) is 20.6. The minimum absolute atomic E-state index is 0.0435. The number of rotatable bonds is 7. The van der Waals surface area contributed by atoms with E-state index in [0.717, 1.165) is 4.88 Å². The van der Waals surface area contributed by atoms with Gasteiger partial charge in [-0.15, -0.1) is 11.3 Å². The van der Waals surface area contributed by atoms with Gasteiger partial charge in [-0.2, -0.15) is 5.10 Å². The Morgan fingerprint density at radius 3 is 2.53 bits per heavy atom. The highest BCUT2D eigenvalue weighted by molar-refractivity contribution is 9.13. The lowest BCUT2D eigenvalue weighted by Crippen LogP contribution is -2.32. The second-order valence-electron chi connectivity index (χ2n) is 6.24. The average molecular weight is 579 g/mol. The van der Waals surface area contributed by atoms with Gasteiger partial charge in [-0.3, -0.25) is 9.59 Å². The van der Waals surface area contributed by atoms with E-state index in [0.29, 0.717) is 20.1 Å². The Labute approximate surface area is 205 Å². The van der Waals surface area contributed by atoms with Crippen LogP contribution in [0.25, 0.3) is 6.08 Å². The Kier molecular flexibility index (Phi) is 8.20. The molecule has 0 atom stereocenters. The molecule has 0 spiro atoms. The molecule has 3 rings (SSSR count). The molecule has 0 aliphatic heterocycles. The third-order valence-electron chi connectivity index (χ3n) is 4.12. The van der Waals surface area contributed by atoms with Gasteiger partial charge in [0.25, 0.3) is 11.8 Å². The fourth-order valence-corrected chi connectivity index (χ4v) is 4.03. The SMILES string of the molecule is COc1cc(/C=N/NC(=O)C(=Cc2cccs2)NC(=O)c2ccccc2)c(Br)c(Br)c1O. The molecule has 0 saturated heterocycles. The molecule has 3 N–H and O–H groups in total. The maximum Gasteiger partial charge on any atom is 0.287 e. The fourth-order valence-electron chi connectivity index (χ4n) is 2.54. The minimum Gasteiger partial charge on any atom is -0.503 e. The molecule has 1 aromatic heterocycles. The largest absolute Gasteiger partial charge is 0.503 e. The molecule has 0 unspecified atom stereocenters. The van der Waals surface area contributed by atoms with Crippen molar-refractivity contribution < 1.29 is 19.4 Å². The van der Waals surface area contributed by atoms with E-state index in [1.54, 1.807) is 42.5 Å². The number of nitrogens with zero attached hydrogens (tertiary/aromatic N) is 1. The second-order valence-corrected chi connectivity index (χ2v) is 8.80. The van der Waals surface area contributed by atoms with E-state index in [-0.39, 0.29) is 17.2 Å². The number of carbonyl (C=O) groups is 2. The van der Waals surface area contributed by atoms with E-state index in [1.807, 2.05) is 17.5 Å². The number of methoxy groups -OCH3 is 1. The second kappa shape index (κ2) is 11.1. The van der Waals surface area contributed by atoms with Crippen LogP contribution in [0.15, 0.2) is 73.7 Å². The molecule has 0 aliphatic rings. The van der Waals surface area contributed by atoms with Gasteiger partial charge in [-0.05, 0) is 67.6 Å². The van der Waals surface area contributed by atoms with Crippen LogP contribution in [0.1, 0.15) is 20.8 Å². The first-order valence-corrected chi connectivity index (χ1v) is 11.6. The molecule has 10 heteroatoms. The Morgan fingerprint density at radius 2 is 1.88 bits per heavy atom. The van der Waals surface area contributed by atoms with Crippen LogP contribution >= 0.6 is 43.2 Å². The number of halogens is 2. The summed E-state index contributed by atoms with van der Waals surface area (Å²) in [7, 11) is 1.43. The van der Waals surface area contributed by atoms with Crippen LogP contribution in [-0.4, -0.2) is 30.2 Å². The van der Waals surface area contributed by atoms with Crippen molar-refractivity contribution in [2.24, 2.45) is 5.10 Å². The van der Waals surface area contributed by atoms with Crippen molar-refractivity contribution in [3.8, 4) is 11.5 Å². The maximum atomic E-state index is 12.8. The normalized spacial score (nSPS) is 11.4. The number of benzene rings is 2. The topological polar surface area (TPSA) is 100 Å². The third kappa shape index (κ3) is 5.84. The molecular formula is C22H17Br2N3O4S. The van der Waals surface area contributed by atoms with Crippen LogP contribution in [0.2, 0.25) is 0 Å². The quantitative estimate of drug-likeness (QED) is 0.211. The molecule has 0 saturated carbocycles. The predicted molar refractivity (Wildman–Crippen MR) is 132 cm³/mol.